The van der Waals surface area contributed by atoms with Crippen molar-refractivity contribution in [3.05, 3.63) is 206 Å². The van der Waals surface area contributed by atoms with Crippen LogP contribution in [0.1, 0.15) is 0 Å². The molecule has 274 valence electrons. The lowest BCUT2D eigenvalue weighted by Crippen LogP contribution is -2.02. The third-order valence-electron chi connectivity index (χ3n) is 11.8. The first kappa shape index (κ1) is 33.2. The van der Waals surface area contributed by atoms with Gasteiger partial charge in [0.25, 0.3) is 0 Å². The van der Waals surface area contributed by atoms with E-state index in [0.29, 0.717) is 17.5 Å². The molecule has 2 heterocycles. The van der Waals surface area contributed by atoms with Crippen LogP contribution in [-0.2, 0) is 0 Å². The van der Waals surface area contributed by atoms with Crippen LogP contribution in [-0.4, -0.2) is 19.5 Å². The molecule has 0 fully saturated rings. The second-order valence-corrected chi connectivity index (χ2v) is 15.2. The zero-order valence-electron chi connectivity index (χ0n) is 31.9. The molecule has 12 aromatic rings. The maximum Gasteiger partial charge on any atom is 0.164 e. The second-order valence-electron chi connectivity index (χ2n) is 15.2. The van der Waals surface area contributed by atoms with Gasteiger partial charge < -0.3 is 4.57 Å². The van der Waals surface area contributed by atoms with Crippen LogP contribution in [0.4, 0.5) is 0 Å². The molecule has 0 aliphatic carbocycles. The van der Waals surface area contributed by atoms with E-state index in [-0.39, 0.29) is 0 Å². The molecular formula is C55H34N4. The Morgan fingerprint density at radius 2 is 0.864 bits per heavy atom. The van der Waals surface area contributed by atoms with E-state index < -0.39 is 0 Å². The van der Waals surface area contributed by atoms with Gasteiger partial charge in [0.1, 0.15) is 0 Å². The second kappa shape index (κ2) is 13.3. The van der Waals surface area contributed by atoms with Crippen LogP contribution >= 0.6 is 0 Å². The Balaban J connectivity index is 1.16. The summed E-state index contributed by atoms with van der Waals surface area (Å²) in [6.07, 6.45) is 0. The molecule has 0 aliphatic heterocycles. The Labute approximate surface area is 340 Å². The molecule has 0 atom stereocenters. The molecule has 4 nitrogen and oxygen atoms in total. The summed E-state index contributed by atoms with van der Waals surface area (Å²) in [5.41, 5.74) is 8.43. The molecule has 0 unspecified atom stereocenters. The van der Waals surface area contributed by atoms with Crippen molar-refractivity contribution in [1.82, 2.24) is 19.5 Å². The molecule has 10 aromatic carbocycles. The molecule has 0 saturated carbocycles. The summed E-state index contributed by atoms with van der Waals surface area (Å²) < 4.78 is 2.46. The number of nitrogens with zero attached hydrogens (tertiary/aromatic N) is 4. The Hall–Kier alpha value is -7.95. The van der Waals surface area contributed by atoms with E-state index in [1.54, 1.807) is 0 Å². The number of aromatic nitrogens is 4. The van der Waals surface area contributed by atoms with Gasteiger partial charge in [-0.2, -0.15) is 0 Å². The molecule has 0 N–H and O–H groups in total. The Morgan fingerprint density at radius 1 is 0.288 bits per heavy atom. The molecule has 12 rings (SSSR count). The molecule has 0 amide bonds. The van der Waals surface area contributed by atoms with Gasteiger partial charge in [-0.15, -0.1) is 0 Å². The van der Waals surface area contributed by atoms with Gasteiger partial charge in [0.05, 0.1) is 16.7 Å². The fourth-order valence-corrected chi connectivity index (χ4v) is 8.95. The molecule has 0 aliphatic rings. The zero-order valence-corrected chi connectivity index (χ0v) is 31.9. The van der Waals surface area contributed by atoms with Crippen molar-refractivity contribution in [2.45, 2.75) is 0 Å². The fraction of sp³-hybridized carbons (Fsp3) is 0. The fourth-order valence-electron chi connectivity index (χ4n) is 8.95. The smallest absolute Gasteiger partial charge is 0.164 e. The van der Waals surface area contributed by atoms with Gasteiger partial charge in [0.15, 0.2) is 17.5 Å². The van der Waals surface area contributed by atoms with Gasteiger partial charge in [-0.1, -0.05) is 164 Å². The van der Waals surface area contributed by atoms with Gasteiger partial charge >= 0.3 is 0 Å². The van der Waals surface area contributed by atoms with Crippen LogP contribution in [0.25, 0.3) is 116 Å². The maximum atomic E-state index is 5.27. The van der Waals surface area contributed by atoms with Gasteiger partial charge in [-0.05, 0) is 91.1 Å². The summed E-state index contributed by atoms with van der Waals surface area (Å²) in [5.74, 6) is 1.90. The summed E-state index contributed by atoms with van der Waals surface area (Å²) in [6, 6.07) is 73.6. The van der Waals surface area contributed by atoms with Crippen molar-refractivity contribution in [3.63, 3.8) is 0 Å². The molecular weight excluding hydrogens is 717 g/mol. The van der Waals surface area contributed by atoms with Crippen LogP contribution in [0.2, 0.25) is 0 Å². The van der Waals surface area contributed by atoms with Gasteiger partial charge in [0, 0.05) is 33.0 Å². The van der Waals surface area contributed by atoms with Crippen LogP contribution in [0.5, 0.6) is 0 Å². The van der Waals surface area contributed by atoms with E-state index in [0.717, 1.165) is 55.3 Å². The zero-order chi connectivity index (χ0) is 38.9. The van der Waals surface area contributed by atoms with E-state index in [1.807, 2.05) is 18.2 Å². The first-order chi connectivity index (χ1) is 29.2. The third kappa shape index (κ3) is 5.49. The summed E-state index contributed by atoms with van der Waals surface area (Å²) in [4.78, 5) is 15.6. The highest BCUT2D eigenvalue weighted by atomic mass is 15.0. The standard InChI is InChI=1S/C55H34N4/c1-2-16-38(17-3-1)53-56-54(58-55(57-53)46-24-12-21-36-14-8-10-22-44(36)46)43-28-29-49(47(33-43)42-26-25-35-13-4-5-18-39(35)31-42)59-50-30-27-37-15-9-11-23-45(37)52(50)48-32-40-19-6-7-20-41(40)34-51(48)59/h1-34H. The van der Waals surface area contributed by atoms with Gasteiger partial charge in [-0.3, -0.25) is 0 Å². The highest BCUT2D eigenvalue weighted by Crippen LogP contribution is 2.42. The first-order valence-electron chi connectivity index (χ1n) is 20.0. The molecule has 0 radical (unpaired) electrons. The third-order valence-corrected chi connectivity index (χ3v) is 11.8. The molecule has 0 bridgehead atoms. The topological polar surface area (TPSA) is 43.6 Å². The van der Waals surface area contributed by atoms with Crippen molar-refractivity contribution >= 4 is 64.9 Å². The predicted molar refractivity (Wildman–Crippen MR) is 246 cm³/mol. The summed E-state index contributed by atoms with van der Waals surface area (Å²) in [7, 11) is 0. The van der Waals surface area contributed by atoms with Crippen LogP contribution < -0.4 is 0 Å². The van der Waals surface area contributed by atoms with E-state index in [9.17, 15) is 0 Å². The van der Waals surface area contributed by atoms with E-state index in [1.165, 1.54) is 43.1 Å². The number of hydrogen-bond acceptors (Lipinski definition) is 3. The monoisotopic (exact) mass is 750 g/mol. The number of rotatable bonds is 5. The van der Waals surface area contributed by atoms with E-state index >= 15 is 0 Å². The lowest BCUT2D eigenvalue weighted by atomic mass is 9.97. The first-order valence-corrected chi connectivity index (χ1v) is 20.0. The molecule has 59 heavy (non-hydrogen) atoms. The number of hydrogen-bond donors (Lipinski definition) is 0. The summed E-state index contributed by atoms with van der Waals surface area (Å²) >= 11 is 0. The van der Waals surface area contributed by atoms with Crippen LogP contribution in [0.15, 0.2) is 206 Å². The van der Waals surface area contributed by atoms with Crippen LogP contribution in [0.3, 0.4) is 0 Å². The normalized spacial score (nSPS) is 11.7. The molecule has 0 saturated heterocycles. The Morgan fingerprint density at radius 3 is 1.66 bits per heavy atom. The Bertz CT molecular complexity index is 3620. The Kier molecular flexibility index (Phi) is 7.50. The number of benzene rings is 10. The lowest BCUT2D eigenvalue weighted by Gasteiger charge is -2.17. The average Bonchev–Trinajstić information content (AvgIpc) is 3.63. The molecule has 2 aromatic heterocycles. The molecule has 4 heteroatoms. The quantitative estimate of drug-likeness (QED) is 0.176. The van der Waals surface area contributed by atoms with Crippen molar-refractivity contribution < 1.29 is 0 Å². The van der Waals surface area contributed by atoms with E-state index in [2.05, 4.69) is 193 Å². The highest BCUT2D eigenvalue weighted by Gasteiger charge is 2.21. The van der Waals surface area contributed by atoms with Crippen LogP contribution in [0, 0.1) is 0 Å². The summed E-state index contributed by atoms with van der Waals surface area (Å²) in [6.45, 7) is 0. The molecule has 0 spiro atoms. The van der Waals surface area contributed by atoms with E-state index in [4.69, 9.17) is 15.0 Å². The van der Waals surface area contributed by atoms with Crippen molar-refractivity contribution in [3.8, 4) is 51.0 Å². The van der Waals surface area contributed by atoms with Gasteiger partial charge in [-0.25, -0.2) is 15.0 Å². The average molecular weight is 751 g/mol. The lowest BCUT2D eigenvalue weighted by molar-refractivity contribution is 1.07. The predicted octanol–water partition coefficient (Wildman–Crippen LogP) is 14.2. The summed E-state index contributed by atoms with van der Waals surface area (Å²) in [5, 5.41) is 12.0. The SMILES string of the molecule is c1ccc(-c2nc(-c3ccc(-n4c5cc6ccccc6cc5c5c6ccccc6ccc54)c(-c4ccc5ccccc5c4)c3)nc(-c3cccc4ccccc34)n2)cc1. The largest absolute Gasteiger partial charge is 0.309 e. The minimum Gasteiger partial charge on any atom is -0.309 e. The van der Waals surface area contributed by atoms with Crippen molar-refractivity contribution in [2.75, 3.05) is 0 Å². The van der Waals surface area contributed by atoms with Crippen molar-refractivity contribution in [1.29, 1.82) is 0 Å². The van der Waals surface area contributed by atoms with Crippen molar-refractivity contribution in [2.24, 2.45) is 0 Å². The highest BCUT2D eigenvalue weighted by molar-refractivity contribution is 6.23. The number of fused-ring (bicyclic) bond motifs is 8. The maximum absolute atomic E-state index is 5.27. The minimum atomic E-state index is 0.620. The van der Waals surface area contributed by atoms with Gasteiger partial charge in [0.2, 0.25) is 0 Å². The minimum absolute atomic E-state index is 0.620.